The minimum atomic E-state index is -1.09. The molecular weight excluding hydrogens is 184 g/mol. The van der Waals surface area contributed by atoms with Gasteiger partial charge in [-0.15, -0.1) is 0 Å². The Kier molecular flexibility index (Phi) is 9.40. The van der Waals surface area contributed by atoms with Crippen LogP contribution in [0.5, 0.6) is 0 Å². The highest BCUT2D eigenvalue weighted by molar-refractivity contribution is 6.54. The summed E-state index contributed by atoms with van der Waals surface area (Å²) in [6, 6.07) is 0. The molecule has 0 aromatic rings. The Morgan fingerprint density at radius 2 is 2.00 bits per heavy atom. The van der Waals surface area contributed by atoms with Gasteiger partial charge in [0.05, 0.1) is 14.2 Å². The van der Waals surface area contributed by atoms with E-state index in [-0.39, 0.29) is 0 Å². The van der Waals surface area contributed by atoms with Crippen LogP contribution in [-0.4, -0.2) is 48.4 Å². The van der Waals surface area contributed by atoms with Crippen molar-refractivity contribution in [2.24, 2.45) is 5.73 Å². The van der Waals surface area contributed by atoms with Crippen LogP contribution >= 0.6 is 0 Å². The SMILES string of the molecule is CO[Si](=CCCCNCCN)OC. The third-order valence-electron chi connectivity index (χ3n) is 1.59. The van der Waals surface area contributed by atoms with E-state index in [9.17, 15) is 0 Å². The maximum absolute atomic E-state index is 5.33. The molecule has 0 heterocycles. The molecule has 0 amide bonds. The van der Waals surface area contributed by atoms with E-state index < -0.39 is 8.90 Å². The average Bonchev–Trinajstić information content (AvgIpc) is 2.17. The van der Waals surface area contributed by atoms with Crippen molar-refractivity contribution in [3.05, 3.63) is 0 Å². The van der Waals surface area contributed by atoms with Crippen molar-refractivity contribution in [2.75, 3.05) is 33.9 Å². The second-order valence-electron chi connectivity index (χ2n) is 2.61. The van der Waals surface area contributed by atoms with Crippen molar-refractivity contribution in [3.63, 3.8) is 0 Å². The Labute approximate surface area is 81.9 Å². The lowest BCUT2D eigenvalue weighted by Crippen LogP contribution is -2.23. The molecular formula is C8H20N2O2Si. The van der Waals surface area contributed by atoms with Gasteiger partial charge in [-0.05, 0) is 25.1 Å². The molecule has 13 heavy (non-hydrogen) atoms. The highest BCUT2D eigenvalue weighted by Crippen LogP contribution is 1.83. The normalized spacial score (nSPS) is 9.46. The van der Waals surface area contributed by atoms with E-state index in [1.165, 1.54) is 0 Å². The van der Waals surface area contributed by atoms with Crippen molar-refractivity contribution in [1.82, 2.24) is 5.32 Å². The topological polar surface area (TPSA) is 56.5 Å². The summed E-state index contributed by atoms with van der Waals surface area (Å²) in [5, 5.41) is 3.23. The van der Waals surface area contributed by atoms with Gasteiger partial charge in [0.15, 0.2) is 0 Å². The van der Waals surface area contributed by atoms with Gasteiger partial charge < -0.3 is 19.9 Å². The minimum Gasteiger partial charge on any atom is -0.526 e. The first-order valence-electron chi connectivity index (χ1n) is 4.54. The van der Waals surface area contributed by atoms with Crippen molar-refractivity contribution in [3.8, 4) is 0 Å². The summed E-state index contributed by atoms with van der Waals surface area (Å²) in [6.45, 7) is 2.61. The summed E-state index contributed by atoms with van der Waals surface area (Å²) in [4.78, 5) is 0. The standard InChI is InChI=1S/C8H20N2O2Si/c1-11-13(12-2)8-4-3-6-10-7-5-9/h8,10H,3-7,9H2,1-2H3. The van der Waals surface area contributed by atoms with Gasteiger partial charge in [0.1, 0.15) is 0 Å². The van der Waals surface area contributed by atoms with Crippen LogP contribution in [0, 0.1) is 0 Å². The smallest absolute Gasteiger partial charge is 0.475 e. The van der Waals surface area contributed by atoms with Gasteiger partial charge in [0.25, 0.3) is 0 Å². The van der Waals surface area contributed by atoms with Crippen molar-refractivity contribution in [1.29, 1.82) is 0 Å². The molecule has 0 atom stereocenters. The number of rotatable bonds is 8. The highest BCUT2D eigenvalue weighted by atomic mass is 28.3. The molecule has 0 aliphatic carbocycles. The lowest BCUT2D eigenvalue weighted by atomic mass is 10.3. The zero-order valence-corrected chi connectivity index (χ0v) is 9.51. The van der Waals surface area contributed by atoms with E-state index in [2.05, 4.69) is 11.0 Å². The Morgan fingerprint density at radius 3 is 2.54 bits per heavy atom. The first-order valence-corrected chi connectivity index (χ1v) is 5.93. The summed E-state index contributed by atoms with van der Waals surface area (Å²) >= 11 is 0. The van der Waals surface area contributed by atoms with Gasteiger partial charge in [-0.1, -0.05) is 0 Å². The molecule has 0 aromatic heterocycles. The fourth-order valence-corrected chi connectivity index (χ4v) is 1.86. The maximum atomic E-state index is 5.33. The first kappa shape index (κ1) is 12.6. The molecule has 0 spiro atoms. The van der Waals surface area contributed by atoms with Crippen LogP contribution in [0.1, 0.15) is 12.8 Å². The zero-order chi connectivity index (χ0) is 9.94. The number of hydrogen-bond acceptors (Lipinski definition) is 4. The van der Waals surface area contributed by atoms with E-state index in [4.69, 9.17) is 14.6 Å². The fourth-order valence-electron chi connectivity index (χ4n) is 0.924. The summed E-state index contributed by atoms with van der Waals surface area (Å²) < 4.78 is 10.2. The zero-order valence-electron chi connectivity index (χ0n) is 8.51. The molecule has 0 rings (SSSR count). The summed E-state index contributed by atoms with van der Waals surface area (Å²) in [5.41, 5.74) is 7.45. The second-order valence-corrected chi connectivity index (χ2v) is 4.48. The van der Waals surface area contributed by atoms with Crippen LogP contribution in [-0.2, 0) is 8.85 Å². The Morgan fingerprint density at radius 1 is 1.31 bits per heavy atom. The van der Waals surface area contributed by atoms with E-state index in [0.717, 1.165) is 25.9 Å². The van der Waals surface area contributed by atoms with Crippen LogP contribution in [0.3, 0.4) is 0 Å². The molecule has 3 N–H and O–H groups in total. The van der Waals surface area contributed by atoms with Gasteiger partial charge in [-0.2, -0.15) is 0 Å². The molecule has 0 radical (unpaired) electrons. The minimum absolute atomic E-state index is 0.703. The molecule has 0 fully saturated rings. The summed E-state index contributed by atoms with van der Waals surface area (Å²) in [6.07, 6.45) is 2.15. The van der Waals surface area contributed by atoms with Gasteiger partial charge >= 0.3 is 8.90 Å². The van der Waals surface area contributed by atoms with E-state index in [1.807, 2.05) is 0 Å². The highest BCUT2D eigenvalue weighted by Gasteiger charge is 1.96. The number of unbranched alkanes of at least 4 members (excludes halogenated alkanes) is 1. The van der Waals surface area contributed by atoms with E-state index in [1.54, 1.807) is 14.2 Å². The molecule has 4 nitrogen and oxygen atoms in total. The lowest BCUT2D eigenvalue weighted by molar-refractivity contribution is 0.302. The van der Waals surface area contributed by atoms with Crippen LogP contribution in [0.4, 0.5) is 0 Å². The molecule has 0 saturated carbocycles. The van der Waals surface area contributed by atoms with Crippen LogP contribution in [0.25, 0.3) is 0 Å². The molecule has 0 aliphatic heterocycles. The third-order valence-corrected chi connectivity index (χ3v) is 3.02. The predicted molar refractivity (Wildman–Crippen MR) is 57.0 cm³/mol. The Bertz CT molecular complexity index is 136. The number of nitrogens with two attached hydrogens (primary N) is 1. The van der Waals surface area contributed by atoms with Crippen molar-refractivity contribution in [2.45, 2.75) is 12.8 Å². The van der Waals surface area contributed by atoms with Gasteiger partial charge in [0.2, 0.25) is 0 Å². The average molecular weight is 204 g/mol. The number of nitrogens with one attached hydrogen (secondary N) is 1. The fraction of sp³-hybridized carbons (Fsp3) is 0.875. The van der Waals surface area contributed by atoms with Gasteiger partial charge in [-0.3, -0.25) is 0 Å². The Hall–Kier alpha value is -0.393. The molecule has 78 valence electrons. The molecule has 5 heteroatoms. The lowest BCUT2D eigenvalue weighted by Gasteiger charge is -2.02. The Balaban J connectivity index is 3.27. The third kappa shape index (κ3) is 7.95. The van der Waals surface area contributed by atoms with Crippen LogP contribution < -0.4 is 11.1 Å². The first-order chi connectivity index (χ1) is 6.35. The van der Waals surface area contributed by atoms with Gasteiger partial charge in [0, 0.05) is 13.1 Å². The maximum Gasteiger partial charge on any atom is 0.475 e. The molecule has 0 aromatic carbocycles. The molecule has 0 saturated heterocycles. The van der Waals surface area contributed by atoms with E-state index >= 15 is 0 Å². The van der Waals surface area contributed by atoms with Crippen molar-refractivity contribution >= 4 is 14.6 Å². The summed E-state index contributed by atoms with van der Waals surface area (Å²) in [5.74, 6) is 0. The quantitative estimate of drug-likeness (QED) is 0.413. The monoisotopic (exact) mass is 204 g/mol. The van der Waals surface area contributed by atoms with Gasteiger partial charge in [-0.25, -0.2) is 0 Å². The molecule has 0 unspecified atom stereocenters. The van der Waals surface area contributed by atoms with Crippen LogP contribution in [0.2, 0.25) is 0 Å². The predicted octanol–water partition coefficient (Wildman–Crippen LogP) is -0.520. The molecule has 0 bridgehead atoms. The largest absolute Gasteiger partial charge is 0.526 e. The second kappa shape index (κ2) is 9.69. The van der Waals surface area contributed by atoms with Crippen molar-refractivity contribution < 1.29 is 8.85 Å². The summed E-state index contributed by atoms with van der Waals surface area (Å²) in [7, 11) is 2.27. The van der Waals surface area contributed by atoms with Crippen LogP contribution in [0.15, 0.2) is 0 Å². The molecule has 0 aliphatic rings. The van der Waals surface area contributed by atoms with E-state index in [0.29, 0.717) is 6.54 Å². The number of hydrogen-bond donors (Lipinski definition) is 2.